The van der Waals surface area contributed by atoms with E-state index >= 15 is 0 Å². The van der Waals surface area contributed by atoms with Gasteiger partial charge in [-0.05, 0) is 50.5 Å². The molecule has 33 heavy (non-hydrogen) atoms. The summed E-state index contributed by atoms with van der Waals surface area (Å²) in [5.41, 5.74) is 7.67. The van der Waals surface area contributed by atoms with Crippen molar-refractivity contribution in [1.82, 2.24) is 0 Å². The Morgan fingerprint density at radius 2 is 1.97 bits per heavy atom. The predicted octanol–water partition coefficient (Wildman–Crippen LogP) is 4.91. The number of carbonyl (C=O) groups excluding carboxylic acids is 1. The van der Waals surface area contributed by atoms with Crippen molar-refractivity contribution in [3.8, 4) is 11.5 Å². The Hall–Kier alpha value is -3.45. The SMILES string of the molecule is Cc1c2c(c3ccccc3c1O)OC(C)(CCOC(=O)c1cccc(NC(=N)N)c1)CC2.Cl. The van der Waals surface area contributed by atoms with Gasteiger partial charge in [-0.3, -0.25) is 5.41 Å². The topological polar surface area (TPSA) is 118 Å². The molecule has 1 aliphatic heterocycles. The molecular weight excluding hydrogens is 442 g/mol. The molecule has 0 aliphatic carbocycles. The number of halogens is 1. The lowest BCUT2D eigenvalue weighted by molar-refractivity contribution is 0.0191. The van der Waals surface area contributed by atoms with Crippen LogP contribution in [0.5, 0.6) is 11.5 Å². The second kappa shape index (κ2) is 9.58. The van der Waals surface area contributed by atoms with E-state index in [4.69, 9.17) is 20.6 Å². The standard InChI is InChI=1S/C25H27N3O4.ClH/c1-15-18-10-11-25(2,32-22(18)20-9-4-3-8-19(20)21(15)29)12-13-31-23(30)16-6-5-7-17(14-16)28-24(26)27;/h3-9,14,29H,10-13H2,1-2H3,(H4,26,27,28);1H. The minimum atomic E-state index is -0.489. The number of aromatic hydroxyl groups is 1. The molecule has 1 unspecified atom stereocenters. The third kappa shape index (κ3) is 4.98. The normalized spacial score (nSPS) is 16.8. The van der Waals surface area contributed by atoms with Crippen LogP contribution in [0.4, 0.5) is 5.69 Å². The van der Waals surface area contributed by atoms with Gasteiger partial charge in [0.05, 0.1) is 12.2 Å². The second-order valence-corrected chi connectivity index (χ2v) is 8.38. The van der Waals surface area contributed by atoms with Crippen molar-refractivity contribution in [2.24, 2.45) is 5.73 Å². The van der Waals surface area contributed by atoms with Gasteiger partial charge in [0, 0.05) is 28.4 Å². The van der Waals surface area contributed by atoms with Crippen molar-refractivity contribution in [3.63, 3.8) is 0 Å². The van der Waals surface area contributed by atoms with E-state index in [0.29, 0.717) is 23.4 Å². The monoisotopic (exact) mass is 469 g/mol. The first kappa shape index (κ1) is 24.2. The third-order valence-corrected chi connectivity index (χ3v) is 6.00. The number of anilines is 1. The molecule has 0 fully saturated rings. The minimum absolute atomic E-state index is 0. The van der Waals surface area contributed by atoms with Crippen LogP contribution in [0.1, 0.15) is 41.3 Å². The number of benzene rings is 3. The van der Waals surface area contributed by atoms with Gasteiger partial charge in [0.25, 0.3) is 0 Å². The highest BCUT2D eigenvalue weighted by atomic mass is 35.5. The van der Waals surface area contributed by atoms with E-state index in [1.807, 2.05) is 38.1 Å². The quantitative estimate of drug-likeness (QED) is 0.239. The molecule has 7 nitrogen and oxygen atoms in total. The maximum Gasteiger partial charge on any atom is 0.338 e. The zero-order valence-electron chi connectivity index (χ0n) is 18.6. The highest BCUT2D eigenvalue weighted by Crippen LogP contribution is 2.45. The van der Waals surface area contributed by atoms with Crippen LogP contribution in [0.2, 0.25) is 0 Å². The molecule has 0 spiro atoms. The van der Waals surface area contributed by atoms with E-state index in [2.05, 4.69) is 5.32 Å². The lowest BCUT2D eigenvalue weighted by Crippen LogP contribution is -2.38. The molecule has 0 saturated heterocycles. The number of phenols is 1. The van der Waals surface area contributed by atoms with E-state index in [1.165, 1.54) is 0 Å². The number of rotatable bonds is 5. The summed E-state index contributed by atoms with van der Waals surface area (Å²) in [5.74, 6) is 0.471. The zero-order chi connectivity index (χ0) is 22.9. The van der Waals surface area contributed by atoms with Crippen LogP contribution in [0.25, 0.3) is 10.8 Å². The smallest absolute Gasteiger partial charge is 0.338 e. The summed E-state index contributed by atoms with van der Waals surface area (Å²) >= 11 is 0. The summed E-state index contributed by atoms with van der Waals surface area (Å²) in [6.07, 6.45) is 2.08. The lowest BCUT2D eigenvalue weighted by Gasteiger charge is -2.37. The number of nitrogens with two attached hydrogens (primary N) is 1. The van der Waals surface area contributed by atoms with Gasteiger partial charge in [0.1, 0.15) is 17.1 Å². The van der Waals surface area contributed by atoms with Gasteiger partial charge in [0.15, 0.2) is 5.96 Å². The van der Waals surface area contributed by atoms with Gasteiger partial charge in [-0.1, -0.05) is 30.3 Å². The maximum atomic E-state index is 12.5. The van der Waals surface area contributed by atoms with Crippen LogP contribution in [0.15, 0.2) is 48.5 Å². The zero-order valence-corrected chi connectivity index (χ0v) is 19.4. The first-order chi connectivity index (χ1) is 15.3. The Labute approximate surface area is 198 Å². The van der Waals surface area contributed by atoms with Gasteiger partial charge in [0.2, 0.25) is 0 Å². The van der Waals surface area contributed by atoms with Crippen molar-refractivity contribution < 1.29 is 19.4 Å². The Bertz CT molecular complexity index is 1210. The van der Waals surface area contributed by atoms with Crippen LogP contribution >= 0.6 is 12.4 Å². The van der Waals surface area contributed by atoms with Crippen LogP contribution < -0.4 is 15.8 Å². The summed E-state index contributed by atoms with van der Waals surface area (Å²) < 4.78 is 12.0. The molecule has 3 aromatic rings. The number of hydrogen-bond donors (Lipinski definition) is 4. The molecule has 0 saturated carbocycles. The summed E-state index contributed by atoms with van der Waals surface area (Å²) in [4.78, 5) is 12.5. The second-order valence-electron chi connectivity index (χ2n) is 8.38. The largest absolute Gasteiger partial charge is 0.507 e. The van der Waals surface area contributed by atoms with Gasteiger partial charge in [-0.2, -0.15) is 0 Å². The Kier molecular flexibility index (Phi) is 7.03. The van der Waals surface area contributed by atoms with Crippen LogP contribution in [0.3, 0.4) is 0 Å². The molecular formula is C25H28ClN3O4. The highest BCUT2D eigenvalue weighted by Gasteiger charge is 2.34. The van der Waals surface area contributed by atoms with Crippen molar-refractivity contribution in [3.05, 3.63) is 65.2 Å². The Balaban J connectivity index is 0.00000306. The number of phenolic OH excluding ortho intramolecular Hbond substituents is 1. The van der Waals surface area contributed by atoms with Crippen molar-refractivity contribution in [2.45, 2.75) is 38.7 Å². The molecule has 0 bridgehead atoms. The molecule has 4 rings (SSSR count). The van der Waals surface area contributed by atoms with Gasteiger partial charge >= 0.3 is 5.97 Å². The molecule has 1 heterocycles. The summed E-state index contributed by atoms with van der Waals surface area (Å²) in [5, 5.41) is 22.2. The van der Waals surface area contributed by atoms with E-state index < -0.39 is 11.6 Å². The molecule has 174 valence electrons. The van der Waals surface area contributed by atoms with E-state index in [9.17, 15) is 9.90 Å². The summed E-state index contributed by atoms with van der Waals surface area (Å²) in [7, 11) is 0. The van der Waals surface area contributed by atoms with Crippen molar-refractivity contribution >= 4 is 40.8 Å². The number of guanidine groups is 1. The lowest BCUT2D eigenvalue weighted by atomic mass is 9.86. The van der Waals surface area contributed by atoms with E-state index in [1.54, 1.807) is 24.3 Å². The fraction of sp³-hybridized carbons (Fsp3) is 0.280. The fourth-order valence-electron chi connectivity index (χ4n) is 4.17. The van der Waals surface area contributed by atoms with Crippen molar-refractivity contribution in [2.75, 3.05) is 11.9 Å². The Morgan fingerprint density at radius 1 is 1.24 bits per heavy atom. The minimum Gasteiger partial charge on any atom is -0.507 e. The van der Waals surface area contributed by atoms with Gasteiger partial charge in [-0.25, -0.2) is 4.79 Å². The molecule has 3 aromatic carbocycles. The fourth-order valence-corrected chi connectivity index (χ4v) is 4.17. The number of hydrogen-bond acceptors (Lipinski definition) is 5. The molecule has 0 amide bonds. The highest BCUT2D eigenvalue weighted by molar-refractivity contribution is 5.96. The summed E-state index contributed by atoms with van der Waals surface area (Å²) in [6.45, 7) is 4.16. The number of esters is 1. The van der Waals surface area contributed by atoms with Crippen LogP contribution in [-0.2, 0) is 11.2 Å². The first-order valence-electron chi connectivity index (χ1n) is 10.6. The number of carbonyl (C=O) groups is 1. The third-order valence-electron chi connectivity index (χ3n) is 6.00. The summed E-state index contributed by atoms with van der Waals surface area (Å²) in [6, 6.07) is 14.4. The molecule has 5 N–H and O–H groups in total. The number of nitrogens with one attached hydrogen (secondary N) is 2. The first-order valence-corrected chi connectivity index (χ1v) is 10.6. The molecule has 8 heteroatoms. The number of ether oxygens (including phenoxy) is 2. The van der Waals surface area contributed by atoms with E-state index in [0.717, 1.165) is 40.5 Å². The van der Waals surface area contributed by atoms with E-state index in [-0.39, 0.29) is 25.0 Å². The van der Waals surface area contributed by atoms with Crippen molar-refractivity contribution in [1.29, 1.82) is 5.41 Å². The molecule has 0 radical (unpaired) electrons. The molecule has 1 aliphatic rings. The van der Waals surface area contributed by atoms with Crippen LogP contribution in [-0.4, -0.2) is 29.2 Å². The van der Waals surface area contributed by atoms with Crippen LogP contribution in [0, 0.1) is 12.3 Å². The Morgan fingerprint density at radius 3 is 2.70 bits per heavy atom. The van der Waals surface area contributed by atoms with Gasteiger partial charge < -0.3 is 25.6 Å². The average molecular weight is 470 g/mol. The average Bonchev–Trinajstić information content (AvgIpc) is 2.77. The van der Waals surface area contributed by atoms with Gasteiger partial charge in [-0.15, -0.1) is 12.4 Å². The maximum absolute atomic E-state index is 12.5. The molecule has 1 atom stereocenters. The number of fused-ring (bicyclic) bond motifs is 3. The predicted molar refractivity (Wildman–Crippen MR) is 132 cm³/mol. The molecule has 0 aromatic heterocycles.